The molecule has 1 atom stereocenters. The highest BCUT2D eigenvalue weighted by molar-refractivity contribution is 7.89. The van der Waals surface area contributed by atoms with Crippen molar-refractivity contribution in [1.29, 1.82) is 0 Å². The molecule has 1 fully saturated rings. The molecule has 2 N–H and O–H groups in total. The number of rotatable bonds is 6. The van der Waals surface area contributed by atoms with E-state index in [1.807, 2.05) is 39.0 Å². The number of nitrogens with one attached hydrogen (secondary N) is 2. The minimum atomic E-state index is -3.57. The van der Waals surface area contributed by atoms with Crippen LogP contribution >= 0.6 is 0 Å². The van der Waals surface area contributed by atoms with Crippen molar-refractivity contribution >= 4 is 27.5 Å². The highest BCUT2D eigenvalue weighted by atomic mass is 32.2. The van der Waals surface area contributed by atoms with Crippen LogP contribution in [0.3, 0.4) is 0 Å². The number of aryl methyl sites for hydroxylation is 2. The smallest absolute Gasteiger partial charge is 0.251 e. The molecule has 0 aromatic heterocycles. The van der Waals surface area contributed by atoms with Gasteiger partial charge in [0.2, 0.25) is 15.9 Å². The number of hydrogen-bond acceptors (Lipinski definition) is 4. The average molecular weight is 444 g/mol. The van der Waals surface area contributed by atoms with E-state index in [-0.39, 0.29) is 17.3 Å². The van der Waals surface area contributed by atoms with Crippen molar-refractivity contribution in [2.24, 2.45) is 5.92 Å². The lowest BCUT2D eigenvalue weighted by Gasteiger charge is -2.30. The summed E-state index contributed by atoms with van der Waals surface area (Å²) in [6, 6.07) is 11.6. The molecule has 1 aliphatic rings. The first-order valence-electron chi connectivity index (χ1n) is 10.4. The van der Waals surface area contributed by atoms with E-state index < -0.39 is 15.9 Å². The highest BCUT2D eigenvalue weighted by Crippen LogP contribution is 2.23. The van der Waals surface area contributed by atoms with E-state index in [4.69, 9.17) is 0 Å². The van der Waals surface area contributed by atoms with Crippen LogP contribution in [0.2, 0.25) is 0 Å². The van der Waals surface area contributed by atoms with Gasteiger partial charge in [-0.3, -0.25) is 9.59 Å². The molecule has 31 heavy (non-hydrogen) atoms. The molecule has 1 aliphatic heterocycles. The van der Waals surface area contributed by atoms with Gasteiger partial charge in [0.05, 0.1) is 11.4 Å². The zero-order chi connectivity index (χ0) is 22.6. The molecule has 3 rings (SSSR count). The Balaban J connectivity index is 1.59. The fraction of sp³-hybridized carbons (Fsp3) is 0.391. The van der Waals surface area contributed by atoms with Crippen molar-refractivity contribution in [3.8, 4) is 0 Å². The largest absolute Gasteiger partial charge is 0.343 e. The van der Waals surface area contributed by atoms with Gasteiger partial charge < -0.3 is 10.6 Å². The van der Waals surface area contributed by atoms with Gasteiger partial charge in [-0.25, -0.2) is 8.42 Å². The molecule has 166 valence electrons. The maximum atomic E-state index is 12.8. The number of carbonyl (C=O) groups is 2. The Kier molecular flexibility index (Phi) is 7.12. The number of hydrogen-bond donors (Lipinski definition) is 2. The average Bonchev–Trinajstić information content (AvgIpc) is 2.75. The predicted octanol–water partition coefficient (Wildman–Crippen LogP) is 3.09. The second-order valence-electron chi connectivity index (χ2n) is 8.13. The minimum absolute atomic E-state index is 0.172. The topological polar surface area (TPSA) is 95.6 Å². The summed E-state index contributed by atoms with van der Waals surface area (Å²) in [6.45, 7) is 6.71. The number of sulfonamides is 1. The Bertz CT molecular complexity index is 1040. The van der Waals surface area contributed by atoms with Gasteiger partial charge in [0.25, 0.3) is 5.91 Å². The Hall–Kier alpha value is -2.71. The fourth-order valence-electron chi connectivity index (χ4n) is 3.75. The van der Waals surface area contributed by atoms with E-state index >= 15 is 0 Å². The van der Waals surface area contributed by atoms with Gasteiger partial charge >= 0.3 is 0 Å². The monoisotopic (exact) mass is 443 g/mol. The summed E-state index contributed by atoms with van der Waals surface area (Å²) in [6.07, 6.45) is 1.88. The van der Waals surface area contributed by atoms with Gasteiger partial charge in [0.15, 0.2) is 0 Å². The maximum absolute atomic E-state index is 12.8. The van der Waals surface area contributed by atoms with E-state index in [9.17, 15) is 18.0 Å². The molecule has 0 spiro atoms. The summed E-state index contributed by atoms with van der Waals surface area (Å²) < 4.78 is 27.2. The lowest BCUT2D eigenvalue weighted by molar-refractivity contribution is -0.115. The lowest BCUT2D eigenvalue weighted by Crippen LogP contribution is -2.39. The van der Waals surface area contributed by atoms with E-state index in [0.29, 0.717) is 24.6 Å². The standard InChI is InChI=1S/C23H29N3O4S/c1-16-6-5-13-26(15-16)31(29,30)20-11-9-19(10-12-20)23(28)24-14-21(27)25-22-17(2)7-4-8-18(22)3/h4,7-12,16H,5-6,13-15H2,1-3H3,(H,24,28)(H,25,27)/t16-/m0/s1. The number of nitrogens with zero attached hydrogens (tertiary/aromatic N) is 1. The molecule has 1 saturated heterocycles. The molecule has 0 radical (unpaired) electrons. The van der Waals surface area contributed by atoms with E-state index in [0.717, 1.165) is 29.7 Å². The van der Waals surface area contributed by atoms with Crippen molar-refractivity contribution in [3.05, 3.63) is 59.2 Å². The maximum Gasteiger partial charge on any atom is 0.251 e. The van der Waals surface area contributed by atoms with Crippen molar-refractivity contribution < 1.29 is 18.0 Å². The second kappa shape index (κ2) is 9.62. The van der Waals surface area contributed by atoms with E-state index in [1.165, 1.54) is 28.6 Å². The van der Waals surface area contributed by atoms with Gasteiger partial charge in [-0.05, 0) is 68.0 Å². The zero-order valence-corrected chi connectivity index (χ0v) is 19.0. The molecule has 0 aliphatic carbocycles. The van der Waals surface area contributed by atoms with Crippen molar-refractivity contribution in [2.45, 2.75) is 38.5 Å². The Labute approximate surface area is 183 Å². The third-order valence-corrected chi connectivity index (χ3v) is 7.41. The van der Waals surface area contributed by atoms with Gasteiger partial charge in [-0.15, -0.1) is 0 Å². The summed E-state index contributed by atoms with van der Waals surface area (Å²) in [7, 11) is -3.57. The van der Waals surface area contributed by atoms with E-state index in [2.05, 4.69) is 10.6 Å². The van der Waals surface area contributed by atoms with Gasteiger partial charge in [-0.2, -0.15) is 4.31 Å². The second-order valence-corrected chi connectivity index (χ2v) is 10.1. The van der Waals surface area contributed by atoms with Crippen LogP contribution in [-0.2, 0) is 14.8 Å². The summed E-state index contributed by atoms with van der Waals surface area (Å²) in [4.78, 5) is 24.8. The molecule has 7 nitrogen and oxygen atoms in total. The summed E-state index contributed by atoms with van der Waals surface area (Å²) in [5.41, 5.74) is 2.92. The number of benzene rings is 2. The van der Waals surface area contributed by atoms with Crippen LogP contribution in [-0.4, -0.2) is 44.2 Å². The molecule has 2 aromatic carbocycles. The quantitative estimate of drug-likeness (QED) is 0.717. The van der Waals surface area contributed by atoms with Crippen LogP contribution in [0.5, 0.6) is 0 Å². The van der Waals surface area contributed by atoms with Crippen LogP contribution in [0.15, 0.2) is 47.4 Å². The number of anilines is 1. The molecule has 2 amide bonds. The van der Waals surface area contributed by atoms with Gasteiger partial charge in [0.1, 0.15) is 0 Å². The number of piperidine rings is 1. The molecule has 0 saturated carbocycles. The van der Waals surface area contributed by atoms with Crippen LogP contribution in [0.1, 0.15) is 41.3 Å². The predicted molar refractivity (Wildman–Crippen MR) is 120 cm³/mol. The molecular weight excluding hydrogens is 414 g/mol. The van der Waals surface area contributed by atoms with E-state index in [1.54, 1.807) is 0 Å². The number of carbonyl (C=O) groups excluding carboxylic acids is 2. The van der Waals surface area contributed by atoms with Crippen LogP contribution in [0, 0.1) is 19.8 Å². The third-order valence-electron chi connectivity index (χ3n) is 5.53. The minimum Gasteiger partial charge on any atom is -0.343 e. The first-order chi connectivity index (χ1) is 14.7. The molecule has 2 aromatic rings. The van der Waals surface area contributed by atoms with Crippen LogP contribution in [0.25, 0.3) is 0 Å². The normalized spacial score (nSPS) is 17.2. The Morgan fingerprint density at radius 3 is 2.32 bits per heavy atom. The molecule has 1 heterocycles. The molecule has 8 heteroatoms. The Morgan fingerprint density at radius 1 is 1.06 bits per heavy atom. The summed E-state index contributed by atoms with van der Waals surface area (Å²) in [5.74, 6) is -0.431. The first-order valence-corrected chi connectivity index (χ1v) is 11.9. The third kappa shape index (κ3) is 5.51. The van der Waals surface area contributed by atoms with Crippen molar-refractivity contribution in [3.63, 3.8) is 0 Å². The lowest BCUT2D eigenvalue weighted by atomic mass is 10.0. The molecular formula is C23H29N3O4S. The molecule has 0 unspecified atom stereocenters. The SMILES string of the molecule is Cc1cccc(C)c1NC(=O)CNC(=O)c1ccc(S(=O)(=O)N2CCC[C@H](C)C2)cc1. The highest BCUT2D eigenvalue weighted by Gasteiger charge is 2.28. The van der Waals surface area contributed by atoms with Gasteiger partial charge in [-0.1, -0.05) is 25.1 Å². The zero-order valence-electron chi connectivity index (χ0n) is 18.1. The fourth-order valence-corrected chi connectivity index (χ4v) is 5.35. The van der Waals surface area contributed by atoms with Crippen molar-refractivity contribution in [2.75, 3.05) is 25.0 Å². The first kappa shape index (κ1) is 23.0. The summed E-state index contributed by atoms with van der Waals surface area (Å²) >= 11 is 0. The summed E-state index contributed by atoms with van der Waals surface area (Å²) in [5, 5.41) is 5.39. The number of amides is 2. The Morgan fingerprint density at radius 2 is 1.71 bits per heavy atom. The number of para-hydroxylation sites is 1. The van der Waals surface area contributed by atoms with Gasteiger partial charge in [0, 0.05) is 24.3 Å². The van der Waals surface area contributed by atoms with Crippen molar-refractivity contribution in [1.82, 2.24) is 9.62 Å². The molecule has 0 bridgehead atoms. The van der Waals surface area contributed by atoms with Crippen LogP contribution < -0.4 is 10.6 Å². The van der Waals surface area contributed by atoms with Crippen LogP contribution in [0.4, 0.5) is 5.69 Å².